The molecule has 8 heteroatoms. The molecule has 1 heterocycles. The Bertz CT molecular complexity index is 397. The quantitative estimate of drug-likeness (QED) is 0.553. The van der Waals surface area contributed by atoms with Gasteiger partial charge in [0.05, 0.1) is 11.7 Å². The van der Waals surface area contributed by atoms with E-state index >= 15 is 0 Å². The third-order valence-corrected chi connectivity index (χ3v) is 4.14. The maximum Gasteiger partial charge on any atom is 0.224 e. The number of rotatable bonds is 6. The van der Waals surface area contributed by atoms with Crippen molar-refractivity contribution < 1.29 is 18.0 Å². The maximum atomic E-state index is 11.7. The number of sulfonamides is 1. The summed E-state index contributed by atoms with van der Waals surface area (Å²) in [6.07, 6.45) is 0.853. The number of carbonyl (C=O) groups excluding carboxylic acids is 2. The van der Waals surface area contributed by atoms with Crippen molar-refractivity contribution in [1.29, 1.82) is 0 Å². The summed E-state index contributed by atoms with van der Waals surface area (Å²) in [6, 6.07) is 0. The predicted molar refractivity (Wildman–Crippen MR) is 66.2 cm³/mol. The highest BCUT2D eigenvalue weighted by atomic mass is 32.2. The highest BCUT2D eigenvalue weighted by molar-refractivity contribution is 7.89. The van der Waals surface area contributed by atoms with Crippen LogP contribution in [0.25, 0.3) is 0 Å². The average Bonchev–Trinajstić information content (AvgIpc) is 2.29. The zero-order valence-electron chi connectivity index (χ0n) is 10.4. The fraction of sp³-hybridized carbons (Fsp3) is 0.800. The van der Waals surface area contributed by atoms with Gasteiger partial charge >= 0.3 is 0 Å². The zero-order chi connectivity index (χ0) is 13.6. The van der Waals surface area contributed by atoms with E-state index < -0.39 is 10.0 Å². The molecule has 3 N–H and O–H groups in total. The molecular weight excluding hydrogens is 258 g/mol. The van der Waals surface area contributed by atoms with E-state index in [1.54, 1.807) is 6.92 Å². The first kappa shape index (κ1) is 14.9. The van der Waals surface area contributed by atoms with E-state index in [1.807, 2.05) is 0 Å². The van der Waals surface area contributed by atoms with Crippen LogP contribution >= 0.6 is 0 Å². The van der Waals surface area contributed by atoms with E-state index in [2.05, 4.69) is 15.4 Å². The summed E-state index contributed by atoms with van der Waals surface area (Å²) in [4.78, 5) is 22.6. The predicted octanol–water partition coefficient (Wildman–Crippen LogP) is -1.43. The van der Waals surface area contributed by atoms with Gasteiger partial charge in [0.25, 0.3) is 0 Å². The van der Waals surface area contributed by atoms with Crippen LogP contribution in [0, 0.1) is 5.92 Å². The number of carbonyl (C=O) groups is 2. The number of nitrogens with one attached hydrogen (secondary N) is 3. The van der Waals surface area contributed by atoms with Gasteiger partial charge in [0.2, 0.25) is 21.8 Å². The summed E-state index contributed by atoms with van der Waals surface area (Å²) < 4.78 is 25.0. The van der Waals surface area contributed by atoms with Crippen molar-refractivity contribution in [2.75, 3.05) is 25.4 Å². The lowest BCUT2D eigenvalue weighted by atomic mass is 9.98. The Kier molecular flexibility index (Phi) is 5.54. The van der Waals surface area contributed by atoms with Crippen LogP contribution in [-0.4, -0.2) is 45.6 Å². The first-order valence-electron chi connectivity index (χ1n) is 5.96. The second kappa shape index (κ2) is 6.69. The standard InChI is InChI=1S/C10H19N3O4S/c1-2-13-18(16,17)6-5-11-10(15)8-3-4-9(14)12-7-8/h8,13H,2-7H2,1H3,(H,11,15)(H,12,14). The van der Waals surface area contributed by atoms with E-state index in [0.29, 0.717) is 25.9 Å². The Morgan fingerprint density at radius 3 is 2.78 bits per heavy atom. The van der Waals surface area contributed by atoms with Gasteiger partial charge in [-0.25, -0.2) is 13.1 Å². The van der Waals surface area contributed by atoms with Gasteiger partial charge in [-0.2, -0.15) is 0 Å². The molecule has 0 radical (unpaired) electrons. The third-order valence-electron chi connectivity index (χ3n) is 2.67. The van der Waals surface area contributed by atoms with E-state index in [0.717, 1.165) is 0 Å². The van der Waals surface area contributed by atoms with E-state index in [9.17, 15) is 18.0 Å². The lowest BCUT2D eigenvalue weighted by Gasteiger charge is -2.21. The number of hydrogen-bond donors (Lipinski definition) is 3. The summed E-state index contributed by atoms with van der Waals surface area (Å²) in [5.74, 6) is -0.647. The van der Waals surface area contributed by atoms with Crippen molar-refractivity contribution in [3.8, 4) is 0 Å². The van der Waals surface area contributed by atoms with Crippen molar-refractivity contribution in [3.63, 3.8) is 0 Å². The number of piperidine rings is 1. The average molecular weight is 277 g/mol. The minimum absolute atomic E-state index is 0.0474. The second-order valence-electron chi connectivity index (χ2n) is 4.15. The Labute approximate surface area is 107 Å². The van der Waals surface area contributed by atoms with Gasteiger partial charge in [-0.3, -0.25) is 9.59 Å². The molecule has 1 fully saturated rings. The van der Waals surface area contributed by atoms with Gasteiger partial charge in [-0.1, -0.05) is 6.92 Å². The first-order chi connectivity index (χ1) is 8.44. The molecule has 0 aliphatic carbocycles. The molecule has 1 unspecified atom stereocenters. The van der Waals surface area contributed by atoms with Crippen molar-refractivity contribution >= 4 is 21.8 Å². The van der Waals surface area contributed by atoms with Gasteiger partial charge in [0.1, 0.15) is 0 Å². The van der Waals surface area contributed by atoms with Crippen LogP contribution in [0.15, 0.2) is 0 Å². The molecule has 18 heavy (non-hydrogen) atoms. The summed E-state index contributed by atoms with van der Waals surface area (Å²) in [6.45, 7) is 2.44. The fourth-order valence-corrected chi connectivity index (χ4v) is 2.66. The molecule has 0 aromatic carbocycles. The molecule has 0 bridgehead atoms. The van der Waals surface area contributed by atoms with Crippen LogP contribution in [0.3, 0.4) is 0 Å². The summed E-state index contributed by atoms with van der Waals surface area (Å²) in [5, 5.41) is 5.18. The molecule has 104 valence electrons. The Morgan fingerprint density at radius 1 is 1.50 bits per heavy atom. The normalized spacial score (nSPS) is 20.3. The first-order valence-corrected chi connectivity index (χ1v) is 7.61. The summed E-state index contributed by atoms with van der Waals surface area (Å²) in [7, 11) is -3.30. The largest absolute Gasteiger partial charge is 0.355 e. The van der Waals surface area contributed by atoms with Crippen molar-refractivity contribution in [2.45, 2.75) is 19.8 Å². The minimum atomic E-state index is -3.30. The third kappa shape index (κ3) is 5.01. The van der Waals surface area contributed by atoms with Gasteiger partial charge in [0.15, 0.2) is 0 Å². The van der Waals surface area contributed by atoms with Crippen LogP contribution in [0.5, 0.6) is 0 Å². The van der Waals surface area contributed by atoms with Crippen molar-refractivity contribution in [2.24, 2.45) is 5.92 Å². The van der Waals surface area contributed by atoms with E-state index in [1.165, 1.54) is 0 Å². The van der Waals surface area contributed by atoms with Gasteiger partial charge in [-0.05, 0) is 6.42 Å². The minimum Gasteiger partial charge on any atom is -0.355 e. The molecule has 0 aromatic heterocycles. The lowest BCUT2D eigenvalue weighted by molar-refractivity contribution is -0.128. The van der Waals surface area contributed by atoms with Crippen molar-refractivity contribution in [1.82, 2.24) is 15.4 Å². The van der Waals surface area contributed by atoms with Crippen LogP contribution in [-0.2, 0) is 19.6 Å². The molecule has 1 aliphatic heterocycles. The molecule has 0 spiro atoms. The van der Waals surface area contributed by atoms with Crippen LogP contribution in [0.4, 0.5) is 0 Å². The molecule has 1 saturated heterocycles. The summed E-state index contributed by atoms with van der Waals surface area (Å²) >= 11 is 0. The zero-order valence-corrected chi connectivity index (χ0v) is 11.2. The van der Waals surface area contributed by atoms with Gasteiger partial charge in [0, 0.05) is 26.1 Å². The van der Waals surface area contributed by atoms with E-state index in [4.69, 9.17) is 0 Å². The Morgan fingerprint density at radius 2 is 2.22 bits per heavy atom. The molecule has 1 atom stereocenters. The molecule has 7 nitrogen and oxygen atoms in total. The van der Waals surface area contributed by atoms with E-state index in [-0.39, 0.29) is 30.0 Å². The number of amides is 2. The summed E-state index contributed by atoms with van der Waals surface area (Å²) in [5.41, 5.74) is 0. The molecule has 2 amide bonds. The second-order valence-corrected chi connectivity index (χ2v) is 6.07. The maximum absolute atomic E-state index is 11.7. The monoisotopic (exact) mass is 277 g/mol. The Hall–Kier alpha value is -1.15. The van der Waals surface area contributed by atoms with Crippen LogP contribution in [0.1, 0.15) is 19.8 Å². The van der Waals surface area contributed by atoms with Crippen LogP contribution in [0.2, 0.25) is 0 Å². The van der Waals surface area contributed by atoms with Crippen LogP contribution < -0.4 is 15.4 Å². The highest BCUT2D eigenvalue weighted by Gasteiger charge is 2.24. The molecule has 0 aromatic rings. The molecule has 1 rings (SSSR count). The fourth-order valence-electron chi connectivity index (χ4n) is 1.70. The van der Waals surface area contributed by atoms with Gasteiger partial charge in [-0.15, -0.1) is 0 Å². The highest BCUT2D eigenvalue weighted by Crippen LogP contribution is 2.10. The lowest BCUT2D eigenvalue weighted by Crippen LogP contribution is -2.44. The Balaban J connectivity index is 2.27. The molecule has 1 aliphatic rings. The molecule has 0 saturated carbocycles. The number of hydrogen-bond acceptors (Lipinski definition) is 4. The molecular formula is C10H19N3O4S. The van der Waals surface area contributed by atoms with Crippen molar-refractivity contribution in [3.05, 3.63) is 0 Å². The smallest absolute Gasteiger partial charge is 0.224 e. The topological polar surface area (TPSA) is 104 Å². The van der Waals surface area contributed by atoms with Gasteiger partial charge < -0.3 is 10.6 Å². The SMILES string of the molecule is CCNS(=O)(=O)CCNC(=O)C1CCC(=O)NC1.